The Hall–Kier alpha value is -1.62. The Kier molecular flexibility index (Phi) is 5.20. The van der Waals surface area contributed by atoms with Gasteiger partial charge in [0.05, 0.1) is 6.61 Å². The molecule has 1 unspecified atom stereocenters. The number of esters is 1. The number of fused-ring (bicyclic) bond motifs is 3. The number of aliphatic hydroxyl groups excluding tert-OH is 1. The monoisotopic (exact) mass is 416 g/mol. The predicted octanol–water partition coefficient (Wildman–Crippen LogP) is 4.50. The van der Waals surface area contributed by atoms with E-state index in [0.717, 1.165) is 38.5 Å². The normalized spacial score (nSPS) is 45.2. The van der Waals surface area contributed by atoms with E-state index in [1.54, 1.807) is 19.9 Å². The minimum atomic E-state index is -1.09. The summed E-state index contributed by atoms with van der Waals surface area (Å²) in [5, 5.41) is 20.2. The van der Waals surface area contributed by atoms with E-state index in [1.807, 2.05) is 6.92 Å². The molecule has 0 aliphatic heterocycles. The molecule has 0 aromatic carbocycles. The van der Waals surface area contributed by atoms with Gasteiger partial charge in [0.1, 0.15) is 11.5 Å². The highest BCUT2D eigenvalue weighted by atomic mass is 16.5. The largest absolute Gasteiger partial charge is 0.481 e. The lowest BCUT2D eigenvalue weighted by molar-refractivity contribution is -0.208. The molecule has 0 aromatic rings. The molecule has 0 heterocycles. The molecule has 0 aromatic heterocycles. The quantitative estimate of drug-likeness (QED) is 0.400. The van der Waals surface area contributed by atoms with Crippen molar-refractivity contribution in [1.82, 2.24) is 0 Å². The maximum atomic E-state index is 12.7. The molecule has 2 N–H and O–H groups in total. The zero-order chi connectivity index (χ0) is 21.9. The average Bonchev–Trinajstić information content (AvgIpc) is 2.98. The number of carboxylic acids is 1. The number of hydrogen-bond acceptors (Lipinski definition) is 4. The van der Waals surface area contributed by atoms with Crippen molar-refractivity contribution in [3.63, 3.8) is 0 Å². The molecule has 4 aliphatic carbocycles. The summed E-state index contributed by atoms with van der Waals surface area (Å²) in [5.41, 5.74) is 0.638. The summed E-state index contributed by atoms with van der Waals surface area (Å²) < 4.78 is 5.81. The van der Waals surface area contributed by atoms with Gasteiger partial charge in [0.15, 0.2) is 0 Å². The maximum absolute atomic E-state index is 12.7. The average molecular weight is 417 g/mol. The molecule has 4 rings (SSSR count). The number of carbonyl (C=O) groups is 2. The van der Waals surface area contributed by atoms with Gasteiger partial charge in [-0.05, 0) is 99.9 Å². The van der Waals surface area contributed by atoms with Crippen molar-refractivity contribution in [3.05, 3.63) is 23.3 Å². The van der Waals surface area contributed by atoms with E-state index < -0.39 is 23.5 Å². The van der Waals surface area contributed by atoms with Gasteiger partial charge in [0.25, 0.3) is 0 Å². The Morgan fingerprint density at radius 3 is 2.53 bits per heavy atom. The van der Waals surface area contributed by atoms with Crippen LogP contribution in [0.15, 0.2) is 23.3 Å². The van der Waals surface area contributed by atoms with Gasteiger partial charge in [0, 0.05) is 5.57 Å². The third kappa shape index (κ3) is 2.84. The molecule has 7 atom stereocenters. The smallest absolute Gasteiger partial charge is 0.333 e. The van der Waals surface area contributed by atoms with Crippen molar-refractivity contribution in [3.8, 4) is 0 Å². The van der Waals surface area contributed by atoms with Crippen molar-refractivity contribution >= 4 is 11.9 Å². The fourth-order valence-corrected chi connectivity index (χ4v) is 7.92. The molecule has 4 aliphatic rings. The number of carboxylic acid groups (broad SMARTS) is 1. The van der Waals surface area contributed by atoms with E-state index in [2.05, 4.69) is 13.0 Å². The predicted molar refractivity (Wildman–Crippen MR) is 114 cm³/mol. The lowest BCUT2D eigenvalue weighted by atomic mass is 9.40. The maximum Gasteiger partial charge on any atom is 0.333 e. The van der Waals surface area contributed by atoms with Gasteiger partial charge in [-0.3, -0.25) is 4.79 Å². The lowest BCUT2D eigenvalue weighted by Crippen LogP contribution is -2.63. The van der Waals surface area contributed by atoms with E-state index in [-0.39, 0.29) is 23.4 Å². The van der Waals surface area contributed by atoms with Crippen molar-refractivity contribution in [2.75, 3.05) is 6.61 Å². The van der Waals surface area contributed by atoms with Gasteiger partial charge < -0.3 is 14.9 Å². The van der Waals surface area contributed by atoms with Crippen molar-refractivity contribution < 1.29 is 24.5 Å². The summed E-state index contributed by atoms with van der Waals surface area (Å²) >= 11 is 0. The van der Waals surface area contributed by atoms with E-state index in [9.17, 15) is 19.8 Å². The second-order valence-corrected chi connectivity index (χ2v) is 10.7. The minimum Gasteiger partial charge on any atom is -0.481 e. The zero-order valence-corrected chi connectivity index (χ0v) is 18.7. The topological polar surface area (TPSA) is 83.8 Å². The molecular weight excluding hydrogens is 380 g/mol. The zero-order valence-electron chi connectivity index (χ0n) is 18.7. The number of allylic oxidation sites excluding steroid dienone is 2. The van der Waals surface area contributed by atoms with Crippen LogP contribution in [0.3, 0.4) is 0 Å². The van der Waals surface area contributed by atoms with E-state index in [4.69, 9.17) is 4.74 Å². The van der Waals surface area contributed by atoms with Gasteiger partial charge in [-0.25, -0.2) is 4.79 Å². The second-order valence-electron chi connectivity index (χ2n) is 10.7. The molecule has 1 spiro atoms. The number of aliphatic hydroxyl groups is 1. The molecule has 166 valence electrons. The lowest BCUT2D eigenvalue weighted by Gasteiger charge is -2.64. The highest BCUT2D eigenvalue weighted by Gasteiger charge is 2.67. The number of carbonyl (C=O) groups excluding carboxylic acids is 1. The second kappa shape index (κ2) is 7.22. The summed E-state index contributed by atoms with van der Waals surface area (Å²) in [6.07, 6.45) is 10.0. The van der Waals surface area contributed by atoms with Crippen LogP contribution < -0.4 is 0 Å². The van der Waals surface area contributed by atoms with Gasteiger partial charge in [0.2, 0.25) is 0 Å². The van der Waals surface area contributed by atoms with Crippen LogP contribution >= 0.6 is 0 Å². The van der Waals surface area contributed by atoms with E-state index >= 15 is 0 Å². The molecule has 0 amide bonds. The molecule has 3 fully saturated rings. The van der Waals surface area contributed by atoms with Crippen LogP contribution in [0.5, 0.6) is 0 Å². The first-order valence-corrected chi connectivity index (χ1v) is 11.5. The summed E-state index contributed by atoms with van der Waals surface area (Å²) in [6.45, 7) is 7.76. The highest BCUT2D eigenvalue weighted by Crippen LogP contribution is 2.71. The molecule has 5 nitrogen and oxygen atoms in total. The van der Waals surface area contributed by atoms with Gasteiger partial charge in [-0.15, -0.1) is 0 Å². The van der Waals surface area contributed by atoms with Crippen LogP contribution in [-0.2, 0) is 14.3 Å². The Bertz CT molecular complexity index is 812. The van der Waals surface area contributed by atoms with E-state index in [0.29, 0.717) is 23.8 Å². The van der Waals surface area contributed by atoms with Crippen molar-refractivity contribution in [2.45, 2.75) is 78.7 Å². The molecule has 3 saturated carbocycles. The fraction of sp³-hybridized carbons (Fsp3) is 0.760. The summed E-state index contributed by atoms with van der Waals surface area (Å²) in [4.78, 5) is 25.1. The van der Waals surface area contributed by atoms with Gasteiger partial charge in [-0.2, -0.15) is 0 Å². The van der Waals surface area contributed by atoms with Gasteiger partial charge in [-0.1, -0.05) is 19.1 Å². The standard InChI is InChI=1S/C25H36O5/c1-5-15(2)21(27)30-20-9-10-23(3)18(24(20,4)22(28)29)8-11-25-12-16(6-7-19(23)25)17(13-25)14-26/h5,13,16,18-20,26H,6-12,14H2,1-4H3,(H,28,29)/b15-5-/t16-,18?,19+,20-,23-,24+,25+/m1/s1. The molecular formula is C25H36O5. The number of hydrogen-bond donors (Lipinski definition) is 2. The fourth-order valence-electron chi connectivity index (χ4n) is 7.92. The SMILES string of the molecule is C/C=C(/C)C(=O)O[C@@H]1CC[C@]2(C)C(CC[C@]34C=C(CO)[C@H](CC[C@H]32)C4)[C@]1(C)C(=O)O. The summed E-state index contributed by atoms with van der Waals surface area (Å²) in [5.74, 6) is -0.358. The number of ether oxygens (including phenoxy) is 1. The Morgan fingerprint density at radius 1 is 1.17 bits per heavy atom. The van der Waals surface area contributed by atoms with Crippen molar-refractivity contribution in [1.29, 1.82) is 0 Å². The van der Waals surface area contributed by atoms with Crippen molar-refractivity contribution in [2.24, 2.45) is 34.0 Å². The molecule has 0 radical (unpaired) electrons. The highest BCUT2D eigenvalue weighted by molar-refractivity contribution is 5.88. The van der Waals surface area contributed by atoms with Gasteiger partial charge >= 0.3 is 11.9 Å². The van der Waals surface area contributed by atoms with Crippen LogP contribution in [0.4, 0.5) is 0 Å². The molecule has 2 bridgehead atoms. The van der Waals surface area contributed by atoms with E-state index in [1.165, 1.54) is 5.57 Å². The number of rotatable bonds is 4. The first kappa shape index (κ1) is 21.6. The van der Waals surface area contributed by atoms with Crippen LogP contribution in [0.25, 0.3) is 0 Å². The molecule has 5 heteroatoms. The van der Waals surface area contributed by atoms with Crippen LogP contribution in [-0.4, -0.2) is 34.9 Å². The summed E-state index contributed by atoms with van der Waals surface area (Å²) in [7, 11) is 0. The summed E-state index contributed by atoms with van der Waals surface area (Å²) in [6, 6.07) is 0. The third-order valence-electron chi connectivity index (χ3n) is 9.60. The molecule has 30 heavy (non-hydrogen) atoms. The van der Waals surface area contributed by atoms with Crippen LogP contribution in [0.1, 0.15) is 72.6 Å². The Balaban J connectivity index is 1.69. The third-order valence-corrected chi connectivity index (χ3v) is 9.60. The van der Waals surface area contributed by atoms with Crippen LogP contribution in [0, 0.1) is 34.0 Å². The first-order valence-electron chi connectivity index (χ1n) is 11.5. The number of aliphatic carboxylic acids is 1. The van der Waals surface area contributed by atoms with Crippen LogP contribution in [0.2, 0.25) is 0 Å². The molecule has 0 saturated heterocycles. The Morgan fingerprint density at radius 2 is 1.90 bits per heavy atom. The minimum absolute atomic E-state index is 0.0290. The Labute approximate surface area is 179 Å². The first-order chi connectivity index (χ1) is 14.1.